The predicted molar refractivity (Wildman–Crippen MR) is 106 cm³/mol. The van der Waals surface area contributed by atoms with Gasteiger partial charge >= 0.3 is 0 Å². The average molecular weight is 427 g/mol. The Morgan fingerprint density at radius 3 is 2.63 bits per heavy atom. The van der Waals surface area contributed by atoms with Gasteiger partial charge in [-0.05, 0) is 54.3 Å². The maximum atomic E-state index is 12.1. The molecule has 6 heteroatoms. The molecule has 0 spiro atoms. The highest BCUT2D eigenvalue weighted by atomic mass is 79.9. The number of methoxy groups -OCH3 is 1. The highest BCUT2D eigenvalue weighted by Gasteiger charge is 2.24. The summed E-state index contributed by atoms with van der Waals surface area (Å²) in [5.74, 6) is 0.800. The van der Waals surface area contributed by atoms with E-state index in [1.807, 2.05) is 30.3 Å². The molecule has 0 aliphatic heterocycles. The Labute approximate surface area is 166 Å². The van der Waals surface area contributed by atoms with Gasteiger partial charge in [-0.2, -0.15) is 5.26 Å². The Morgan fingerprint density at radius 2 is 2.00 bits per heavy atom. The molecule has 1 aliphatic rings. The Kier molecular flexibility index (Phi) is 6.15. The summed E-state index contributed by atoms with van der Waals surface area (Å²) in [7, 11) is 1.56. The summed E-state index contributed by atoms with van der Waals surface area (Å²) in [5, 5.41) is 12.1. The zero-order valence-electron chi connectivity index (χ0n) is 14.9. The maximum absolute atomic E-state index is 12.1. The van der Waals surface area contributed by atoms with Gasteiger partial charge in [-0.1, -0.05) is 34.1 Å². The van der Waals surface area contributed by atoms with Crippen molar-refractivity contribution in [3.8, 4) is 17.6 Å². The van der Waals surface area contributed by atoms with Crippen LogP contribution in [-0.4, -0.2) is 19.1 Å². The number of nitrogens with one attached hydrogen (secondary N) is 1. The van der Waals surface area contributed by atoms with E-state index in [0.29, 0.717) is 23.7 Å². The topological polar surface area (TPSA) is 71.3 Å². The number of halogens is 1. The third kappa shape index (κ3) is 5.35. The third-order valence-corrected chi connectivity index (χ3v) is 4.61. The number of carbonyl (C=O) groups excluding carboxylic acids is 1. The summed E-state index contributed by atoms with van der Waals surface area (Å²) in [5.41, 5.74) is 1.81. The molecule has 1 amide bonds. The van der Waals surface area contributed by atoms with Crippen molar-refractivity contribution in [1.82, 2.24) is 5.32 Å². The highest BCUT2D eigenvalue weighted by molar-refractivity contribution is 9.10. The van der Waals surface area contributed by atoms with E-state index in [0.717, 1.165) is 22.9 Å². The van der Waals surface area contributed by atoms with Crippen LogP contribution in [0, 0.1) is 11.3 Å². The first-order valence-corrected chi connectivity index (χ1v) is 9.36. The van der Waals surface area contributed by atoms with Gasteiger partial charge in [0.25, 0.3) is 5.91 Å². The fraction of sp³-hybridized carbons (Fsp3) is 0.238. The van der Waals surface area contributed by atoms with Crippen LogP contribution in [0.1, 0.15) is 24.0 Å². The fourth-order valence-corrected chi connectivity index (χ4v) is 2.71. The molecule has 5 nitrogen and oxygen atoms in total. The molecule has 0 atom stereocenters. The average Bonchev–Trinajstić information content (AvgIpc) is 3.49. The Hall–Kier alpha value is -2.78. The lowest BCUT2D eigenvalue weighted by Crippen LogP contribution is -2.26. The predicted octanol–water partition coefficient (Wildman–Crippen LogP) is 4.22. The summed E-state index contributed by atoms with van der Waals surface area (Å²) in [6.45, 7) is 0.409. The number of nitriles is 1. The minimum absolute atomic E-state index is 0.0764. The smallest absolute Gasteiger partial charge is 0.262 e. The zero-order valence-corrected chi connectivity index (χ0v) is 16.5. The van der Waals surface area contributed by atoms with Crippen molar-refractivity contribution in [3.05, 3.63) is 63.6 Å². The van der Waals surface area contributed by atoms with Crippen LogP contribution in [0.2, 0.25) is 0 Å². The molecule has 2 aromatic carbocycles. The Balaban J connectivity index is 1.72. The second-order valence-corrected chi connectivity index (χ2v) is 7.16. The van der Waals surface area contributed by atoms with E-state index in [1.54, 1.807) is 31.4 Å². The number of carbonyl (C=O) groups is 1. The minimum Gasteiger partial charge on any atom is -0.493 e. The van der Waals surface area contributed by atoms with Crippen molar-refractivity contribution in [1.29, 1.82) is 5.26 Å². The third-order valence-electron chi connectivity index (χ3n) is 4.08. The summed E-state index contributed by atoms with van der Waals surface area (Å²) < 4.78 is 12.3. The molecular weight excluding hydrogens is 408 g/mol. The number of nitrogens with zero attached hydrogens (tertiary/aromatic N) is 1. The van der Waals surface area contributed by atoms with Crippen LogP contribution in [0.4, 0.5) is 0 Å². The van der Waals surface area contributed by atoms with Crippen LogP contribution < -0.4 is 14.8 Å². The molecule has 0 saturated heterocycles. The first-order chi connectivity index (χ1) is 13.1. The maximum Gasteiger partial charge on any atom is 0.262 e. The van der Waals surface area contributed by atoms with Crippen LogP contribution in [0.15, 0.2) is 52.5 Å². The largest absolute Gasteiger partial charge is 0.493 e. The van der Waals surface area contributed by atoms with E-state index < -0.39 is 0 Å². The number of hydrogen-bond acceptors (Lipinski definition) is 4. The van der Waals surface area contributed by atoms with Gasteiger partial charge in [-0.25, -0.2) is 0 Å². The molecule has 1 fully saturated rings. The molecule has 138 valence electrons. The van der Waals surface area contributed by atoms with Gasteiger partial charge in [-0.15, -0.1) is 0 Å². The van der Waals surface area contributed by atoms with E-state index >= 15 is 0 Å². The summed E-state index contributed by atoms with van der Waals surface area (Å²) in [6.07, 6.45) is 3.50. The molecule has 0 aromatic heterocycles. The quantitative estimate of drug-likeness (QED) is 0.531. The lowest BCUT2D eigenvalue weighted by atomic mass is 10.1. The van der Waals surface area contributed by atoms with Crippen LogP contribution >= 0.6 is 15.9 Å². The molecule has 0 radical (unpaired) electrons. The zero-order chi connectivity index (χ0) is 19.2. The second-order valence-electron chi connectivity index (χ2n) is 6.24. The van der Waals surface area contributed by atoms with Gasteiger partial charge in [0.1, 0.15) is 18.2 Å². The van der Waals surface area contributed by atoms with Gasteiger partial charge < -0.3 is 14.8 Å². The van der Waals surface area contributed by atoms with Crippen LogP contribution in [0.5, 0.6) is 11.5 Å². The van der Waals surface area contributed by atoms with Crippen LogP contribution in [-0.2, 0) is 11.4 Å². The van der Waals surface area contributed by atoms with Crippen molar-refractivity contribution >= 4 is 27.9 Å². The van der Waals surface area contributed by atoms with Crippen LogP contribution in [0.3, 0.4) is 0 Å². The first kappa shape index (κ1) is 19.0. The molecule has 0 unspecified atom stereocenters. The summed E-state index contributed by atoms with van der Waals surface area (Å²) >= 11 is 3.41. The first-order valence-electron chi connectivity index (χ1n) is 8.57. The number of amides is 1. The van der Waals surface area contributed by atoms with Gasteiger partial charge in [-0.3, -0.25) is 4.79 Å². The highest BCUT2D eigenvalue weighted by Crippen LogP contribution is 2.30. The monoisotopic (exact) mass is 426 g/mol. The molecule has 1 aliphatic carbocycles. The lowest BCUT2D eigenvalue weighted by Gasteiger charge is -2.12. The summed E-state index contributed by atoms with van der Waals surface area (Å²) in [4.78, 5) is 12.1. The molecule has 2 aromatic rings. The normalized spacial score (nSPS) is 13.6. The van der Waals surface area contributed by atoms with Crippen LogP contribution in [0.25, 0.3) is 6.08 Å². The van der Waals surface area contributed by atoms with Crippen molar-refractivity contribution in [2.24, 2.45) is 0 Å². The molecule has 3 rings (SSSR count). The standard InChI is InChI=1S/C21H19BrN2O3/c1-26-20-11-15(10-16(12-23)21(25)24-18-7-8-18)4-9-19(20)27-13-14-2-5-17(22)6-3-14/h2-6,9-11,18H,7-8,13H2,1H3,(H,24,25)/b16-10+. The second kappa shape index (κ2) is 8.74. The molecule has 0 heterocycles. The number of rotatable bonds is 7. The van der Waals surface area contributed by atoms with E-state index in [9.17, 15) is 10.1 Å². The minimum atomic E-state index is -0.338. The van der Waals surface area contributed by atoms with E-state index in [-0.39, 0.29) is 17.5 Å². The summed E-state index contributed by atoms with van der Waals surface area (Å²) in [6, 6.07) is 15.4. The number of ether oxygens (including phenoxy) is 2. The van der Waals surface area contributed by atoms with E-state index in [2.05, 4.69) is 21.2 Å². The number of benzene rings is 2. The lowest BCUT2D eigenvalue weighted by molar-refractivity contribution is -0.117. The Morgan fingerprint density at radius 1 is 1.26 bits per heavy atom. The molecule has 27 heavy (non-hydrogen) atoms. The molecule has 0 bridgehead atoms. The van der Waals surface area contributed by atoms with Crippen molar-refractivity contribution in [2.45, 2.75) is 25.5 Å². The molecule has 1 N–H and O–H groups in total. The Bertz CT molecular complexity index is 897. The fourth-order valence-electron chi connectivity index (χ4n) is 2.44. The van der Waals surface area contributed by atoms with Gasteiger partial charge in [0.15, 0.2) is 11.5 Å². The van der Waals surface area contributed by atoms with Gasteiger partial charge in [0, 0.05) is 10.5 Å². The van der Waals surface area contributed by atoms with Crippen molar-refractivity contribution < 1.29 is 14.3 Å². The van der Waals surface area contributed by atoms with Gasteiger partial charge in [0.05, 0.1) is 7.11 Å². The molecular formula is C21H19BrN2O3. The molecule has 1 saturated carbocycles. The van der Waals surface area contributed by atoms with Crippen molar-refractivity contribution in [2.75, 3.05) is 7.11 Å². The van der Waals surface area contributed by atoms with E-state index in [4.69, 9.17) is 9.47 Å². The van der Waals surface area contributed by atoms with E-state index in [1.165, 1.54) is 0 Å². The number of hydrogen-bond donors (Lipinski definition) is 1. The van der Waals surface area contributed by atoms with Gasteiger partial charge in [0.2, 0.25) is 0 Å². The SMILES string of the molecule is COc1cc(/C=C(\C#N)C(=O)NC2CC2)ccc1OCc1ccc(Br)cc1. The van der Waals surface area contributed by atoms with Crippen molar-refractivity contribution in [3.63, 3.8) is 0 Å².